The zero-order valence-corrected chi connectivity index (χ0v) is 14.7. The van der Waals surface area contributed by atoms with Crippen molar-refractivity contribution in [1.29, 1.82) is 0 Å². The summed E-state index contributed by atoms with van der Waals surface area (Å²) >= 11 is 3.27. The Kier molecular flexibility index (Phi) is 5.31. The summed E-state index contributed by atoms with van der Waals surface area (Å²) in [5.74, 6) is 5.63. The number of benzene rings is 1. The van der Waals surface area contributed by atoms with E-state index < -0.39 is 0 Å². The minimum absolute atomic E-state index is 0.228. The second kappa shape index (κ2) is 7.81. The Morgan fingerprint density at radius 3 is 2.80 bits per heavy atom. The van der Waals surface area contributed by atoms with Crippen LogP contribution in [0.25, 0.3) is 0 Å². The smallest absolute Gasteiger partial charge is 0.414 e. The van der Waals surface area contributed by atoms with Gasteiger partial charge in [-0.3, -0.25) is 14.7 Å². The average molecular weight is 400 g/mol. The third-order valence-corrected chi connectivity index (χ3v) is 3.91. The van der Waals surface area contributed by atoms with Crippen molar-refractivity contribution in [1.82, 2.24) is 10.3 Å². The number of nitrogens with zero attached hydrogens (tertiary/aromatic N) is 2. The van der Waals surface area contributed by atoms with Crippen LogP contribution in [0.1, 0.15) is 15.9 Å². The molecule has 0 aliphatic carbocycles. The largest absolute Gasteiger partial charge is 0.447 e. The van der Waals surface area contributed by atoms with E-state index in [9.17, 15) is 9.59 Å². The van der Waals surface area contributed by atoms with E-state index in [1.807, 2.05) is 24.3 Å². The van der Waals surface area contributed by atoms with Crippen molar-refractivity contribution in [2.75, 3.05) is 24.6 Å². The van der Waals surface area contributed by atoms with Crippen LogP contribution in [0.3, 0.4) is 0 Å². The molecule has 7 heteroatoms. The van der Waals surface area contributed by atoms with E-state index in [-0.39, 0.29) is 18.5 Å². The quantitative estimate of drug-likeness (QED) is 0.805. The van der Waals surface area contributed by atoms with Crippen LogP contribution in [-0.2, 0) is 4.74 Å². The van der Waals surface area contributed by atoms with Crippen LogP contribution in [0.5, 0.6) is 0 Å². The number of pyridine rings is 1. The SMILES string of the molecule is O=C(NCC#Cc1ccc(N2CCOC2=O)cc1)c1cncc(Br)c1. The fraction of sp³-hybridized carbons (Fsp3) is 0.167. The highest BCUT2D eigenvalue weighted by Gasteiger charge is 2.23. The Balaban J connectivity index is 1.55. The molecule has 25 heavy (non-hydrogen) atoms. The number of hydrogen-bond donors (Lipinski definition) is 1. The topological polar surface area (TPSA) is 71.5 Å². The molecule has 126 valence electrons. The van der Waals surface area contributed by atoms with Gasteiger partial charge in [0.2, 0.25) is 0 Å². The minimum Gasteiger partial charge on any atom is -0.447 e. The molecule has 1 N–H and O–H groups in total. The van der Waals surface area contributed by atoms with Crippen molar-refractivity contribution < 1.29 is 14.3 Å². The van der Waals surface area contributed by atoms with Crippen molar-refractivity contribution in [3.8, 4) is 11.8 Å². The minimum atomic E-state index is -0.330. The number of ether oxygens (including phenoxy) is 1. The van der Waals surface area contributed by atoms with Gasteiger partial charge in [0.1, 0.15) is 6.61 Å². The molecule has 0 spiro atoms. The summed E-state index contributed by atoms with van der Waals surface area (Å²) < 4.78 is 5.65. The van der Waals surface area contributed by atoms with E-state index in [0.29, 0.717) is 18.7 Å². The number of carbonyl (C=O) groups excluding carboxylic acids is 2. The van der Waals surface area contributed by atoms with Gasteiger partial charge in [-0.25, -0.2) is 4.79 Å². The van der Waals surface area contributed by atoms with Crippen molar-refractivity contribution >= 4 is 33.6 Å². The number of cyclic esters (lactones) is 1. The monoisotopic (exact) mass is 399 g/mol. The molecule has 0 atom stereocenters. The third-order valence-electron chi connectivity index (χ3n) is 3.48. The molecule has 2 aromatic rings. The summed E-state index contributed by atoms with van der Waals surface area (Å²) in [6, 6.07) is 8.99. The molecule has 1 fully saturated rings. The van der Waals surface area contributed by atoms with Crippen LogP contribution < -0.4 is 10.2 Å². The summed E-state index contributed by atoms with van der Waals surface area (Å²) in [4.78, 5) is 29.0. The molecule has 6 nitrogen and oxygen atoms in total. The first-order valence-corrected chi connectivity index (χ1v) is 8.35. The Hall–Kier alpha value is -2.85. The number of rotatable bonds is 3. The van der Waals surface area contributed by atoms with Crippen molar-refractivity contribution in [3.63, 3.8) is 0 Å². The predicted octanol–water partition coefficient (Wildman–Crippen LogP) is 2.58. The molecule has 0 radical (unpaired) electrons. The lowest BCUT2D eigenvalue weighted by atomic mass is 10.2. The maximum absolute atomic E-state index is 11.9. The number of hydrogen-bond acceptors (Lipinski definition) is 4. The van der Waals surface area contributed by atoms with Gasteiger partial charge in [-0.15, -0.1) is 0 Å². The Morgan fingerprint density at radius 1 is 1.32 bits per heavy atom. The number of aromatic nitrogens is 1. The van der Waals surface area contributed by atoms with Crippen molar-refractivity contribution in [3.05, 3.63) is 58.3 Å². The summed E-state index contributed by atoms with van der Waals surface area (Å²) in [6.45, 7) is 1.19. The Labute approximate surface area is 153 Å². The van der Waals surface area contributed by atoms with Gasteiger partial charge in [0.15, 0.2) is 0 Å². The summed E-state index contributed by atoms with van der Waals surface area (Å²) in [6.07, 6.45) is 2.78. The highest BCUT2D eigenvalue weighted by atomic mass is 79.9. The van der Waals surface area contributed by atoms with Gasteiger partial charge >= 0.3 is 6.09 Å². The van der Waals surface area contributed by atoms with E-state index in [4.69, 9.17) is 4.74 Å². The van der Waals surface area contributed by atoms with Gasteiger partial charge in [0.05, 0.1) is 18.7 Å². The van der Waals surface area contributed by atoms with Crippen LogP contribution in [0, 0.1) is 11.8 Å². The molecule has 0 bridgehead atoms. The lowest BCUT2D eigenvalue weighted by molar-refractivity contribution is 0.0958. The van der Waals surface area contributed by atoms with Gasteiger partial charge < -0.3 is 10.1 Å². The van der Waals surface area contributed by atoms with E-state index in [2.05, 4.69) is 38.1 Å². The number of anilines is 1. The molecule has 1 saturated heterocycles. The molecule has 1 aliphatic rings. The van der Waals surface area contributed by atoms with E-state index >= 15 is 0 Å². The fourth-order valence-electron chi connectivity index (χ4n) is 2.26. The first-order chi connectivity index (χ1) is 12.1. The van der Waals surface area contributed by atoms with Crippen molar-refractivity contribution in [2.24, 2.45) is 0 Å². The molecule has 0 unspecified atom stereocenters. The number of carbonyl (C=O) groups is 2. The van der Waals surface area contributed by atoms with Crippen LogP contribution in [0.2, 0.25) is 0 Å². The number of nitrogens with one attached hydrogen (secondary N) is 1. The molecule has 1 aromatic carbocycles. The molecule has 2 heterocycles. The highest BCUT2D eigenvalue weighted by Crippen LogP contribution is 2.18. The maximum Gasteiger partial charge on any atom is 0.414 e. The lowest BCUT2D eigenvalue weighted by Gasteiger charge is -2.11. The normalized spacial score (nSPS) is 13.0. The average Bonchev–Trinajstić information content (AvgIpc) is 3.05. The number of halogens is 1. The molecule has 0 saturated carbocycles. The zero-order valence-electron chi connectivity index (χ0n) is 13.2. The number of amides is 2. The fourth-order valence-corrected chi connectivity index (χ4v) is 2.63. The Bertz CT molecular complexity index is 856. The maximum atomic E-state index is 11.9. The van der Waals surface area contributed by atoms with E-state index in [0.717, 1.165) is 15.7 Å². The van der Waals surface area contributed by atoms with Crippen molar-refractivity contribution in [2.45, 2.75) is 0 Å². The molecule has 2 amide bonds. The first-order valence-electron chi connectivity index (χ1n) is 7.55. The molecule has 1 aliphatic heterocycles. The van der Waals surface area contributed by atoms with Gasteiger partial charge in [0, 0.05) is 28.1 Å². The van der Waals surface area contributed by atoms with Gasteiger partial charge in [0.25, 0.3) is 5.91 Å². The summed E-state index contributed by atoms with van der Waals surface area (Å²) in [5, 5.41) is 2.72. The van der Waals surface area contributed by atoms with Crippen LogP contribution in [0.15, 0.2) is 47.2 Å². The lowest BCUT2D eigenvalue weighted by Crippen LogP contribution is -2.23. The van der Waals surface area contributed by atoms with E-state index in [1.54, 1.807) is 17.2 Å². The predicted molar refractivity (Wildman–Crippen MR) is 96.3 cm³/mol. The third kappa shape index (κ3) is 4.37. The van der Waals surface area contributed by atoms with E-state index in [1.165, 1.54) is 6.20 Å². The first kappa shape index (κ1) is 17.0. The molecule has 3 rings (SSSR count). The van der Waals surface area contributed by atoms with Crippen LogP contribution >= 0.6 is 15.9 Å². The summed E-state index contributed by atoms with van der Waals surface area (Å²) in [7, 11) is 0. The summed E-state index contributed by atoms with van der Waals surface area (Å²) in [5.41, 5.74) is 2.05. The Morgan fingerprint density at radius 2 is 2.12 bits per heavy atom. The molecular formula is C18H14BrN3O3. The van der Waals surface area contributed by atoms with Gasteiger partial charge in [-0.1, -0.05) is 11.8 Å². The highest BCUT2D eigenvalue weighted by molar-refractivity contribution is 9.10. The van der Waals surface area contributed by atoms with Gasteiger partial charge in [-0.2, -0.15) is 0 Å². The second-order valence-corrected chi connectivity index (χ2v) is 6.10. The zero-order chi connectivity index (χ0) is 17.6. The van der Waals surface area contributed by atoms with Crippen LogP contribution in [-0.4, -0.2) is 36.7 Å². The second-order valence-electron chi connectivity index (χ2n) is 5.19. The molecular weight excluding hydrogens is 386 g/mol. The van der Waals surface area contributed by atoms with Gasteiger partial charge in [-0.05, 0) is 46.3 Å². The molecule has 1 aromatic heterocycles. The standard InChI is InChI=1S/C18H14BrN3O3/c19-15-10-14(11-20-12-15)17(23)21-7-1-2-13-3-5-16(6-4-13)22-8-9-25-18(22)24/h3-6,10-12H,7-9H2,(H,21,23). The van der Waals surface area contributed by atoms with Crippen LogP contribution in [0.4, 0.5) is 10.5 Å².